The van der Waals surface area contributed by atoms with E-state index in [1.165, 1.54) is 6.92 Å². The van der Waals surface area contributed by atoms with Gasteiger partial charge in [-0.05, 0) is 30.7 Å². The van der Waals surface area contributed by atoms with Crippen molar-refractivity contribution in [2.75, 3.05) is 0 Å². The first-order valence-electron chi connectivity index (χ1n) is 5.40. The second-order valence-corrected chi connectivity index (χ2v) is 5.52. The van der Waals surface area contributed by atoms with Crippen molar-refractivity contribution >= 4 is 46.3 Å². The van der Waals surface area contributed by atoms with Gasteiger partial charge in [0.25, 0.3) is 5.91 Å². The third-order valence-corrected chi connectivity index (χ3v) is 3.90. The fourth-order valence-corrected chi connectivity index (χ4v) is 2.95. The van der Waals surface area contributed by atoms with Crippen LogP contribution in [-0.4, -0.2) is 37.2 Å². The van der Waals surface area contributed by atoms with Crippen LogP contribution in [0.15, 0.2) is 29.4 Å². The summed E-state index contributed by atoms with van der Waals surface area (Å²) in [6.07, 6.45) is 4.91. The van der Waals surface area contributed by atoms with Gasteiger partial charge in [0.2, 0.25) is 0 Å². The molecule has 7 heteroatoms. The standard InChI is InChI=1S/C12H10N2O3S2/c1-7(11(16)17)14-10(15)9(19-12(14)18)6-8-2-4-13-5-3-8/h2-7H,1H3,(H,16,17)/t7-/m1/s1. The number of carbonyl (C=O) groups excluding carboxylic acids is 1. The van der Waals surface area contributed by atoms with Gasteiger partial charge in [-0.3, -0.25) is 14.7 Å². The van der Waals surface area contributed by atoms with Crippen LogP contribution in [0, 0.1) is 0 Å². The Labute approximate surface area is 119 Å². The minimum atomic E-state index is -1.08. The van der Waals surface area contributed by atoms with E-state index >= 15 is 0 Å². The van der Waals surface area contributed by atoms with Crippen molar-refractivity contribution in [1.29, 1.82) is 0 Å². The van der Waals surface area contributed by atoms with Crippen LogP contribution in [0.4, 0.5) is 0 Å². The molecule has 1 aliphatic heterocycles. The zero-order chi connectivity index (χ0) is 14.0. The molecule has 0 bridgehead atoms. The SMILES string of the molecule is C[C@H](C(=O)O)N1C(=O)C(=Cc2ccncc2)SC1=S. The second kappa shape index (κ2) is 5.50. The van der Waals surface area contributed by atoms with Gasteiger partial charge in [-0.15, -0.1) is 0 Å². The molecule has 0 aliphatic carbocycles. The molecule has 2 rings (SSSR count). The van der Waals surface area contributed by atoms with E-state index in [9.17, 15) is 9.59 Å². The van der Waals surface area contributed by atoms with Crippen LogP contribution in [0.3, 0.4) is 0 Å². The van der Waals surface area contributed by atoms with E-state index in [0.717, 1.165) is 22.2 Å². The van der Waals surface area contributed by atoms with Crippen molar-refractivity contribution in [3.05, 3.63) is 35.0 Å². The predicted molar refractivity (Wildman–Crippen MR) is 76.3 cm³/mol. The number of carboxylic acid groups (broad SMARTS) is 1. The molecule has 1 amide bonds. The van der Waals surface area contributed by atoms with E-state index in [4.69, 9.17) is 17.3 Å². The highest BCUT2D eigenvalue weighted by molar-refractivity contribution is 8.26. The van der Waals surface area contributed by atoms with Gasteiger partial charge in [0.05, 0.1) is 4.91 Å². The molecule has 0 unspecified atom stereocenters. The second-order valence-electron chi connectivity index (χ2n) is 3.85. The van der Waals surface area contributed by atoms with Crippen LogP contribution in [0.1, 0.15) is 12.5 Å². The van der Waals surface area contributed by atoms with Gasteiger partial charge in [0.1, 0.15) is 10.4 Å². The minimum absolute atomic E-state index is 0.264. The lowest BCUT2D eigenvalue weighted by Crippen LogP contribution is -2.41. The lowest BCUT2D eigenvalue weighted by molar-refractivity contribution is -0.144. The van der Waals surface area contributed by atoms with Gasteiger partial charge in [-0.2, -0.15) is 0 Å². The average Bonchev–Trinajstić information content (AvgIpc) is 2.65. The van der Waals surface area contributed by atoms with E-state index in [1.807, 2.05) is 0 Å². The smallest absolute Gasteiger partial charge is 0.326 e. The van der Waals surface area contributed by atoms with Gasteiger partial charge in [0, 0.05) is 12.4 Å². The number of carboxylic acids is 1. The number of thiocarbonyl (C=S) groups is 1. The Kier molecular flexibility index (Phi) is 3.96. The quantitative estimate of drug-likeness (QED) is 0.676. The number of hydrogen-bond donors (Lipinski definition) is 1. The van der Waals surface area contributed by atoms with Gasteiger partial charge >= 0.3 is 5.97 Å². The Morgan fingerprint density at radius 2 is 2.16 bits per heavy atom. The summed E-state index contributed by atoms with van der Waals surface area (Å²) >= 11 is 6.17. The molecule has 1 aromatic heterocycles. The fraction of sp³-hybridized carbons (Fsp3) is 0.167. The summed E-state index contributed by atoms with van der Waals surface area (Å²) in [5.41, 5.74) is 0.818. The first-order valence-corrected chi connectivity index (χ1v) is 6.63. The van der Waals surface area contributed by atoms with Crippen molar-refractivity contribution < 1.29 is 14.7 Å². The van der Waals surface area contributed by atoms with Crippen molar-refractivity contribution in [3.8, 4) is 0 Å². The normalized spacial score (nSPS) is 19.0. The van der Waals surface area contributed by atoms with Gasteiger partial charge in [-0.25, -0.2) is 4.79 Å². The van der Waals surface area contributed by atoms with Crippen LogP contribution in [0.5, 0.6) is 0 Å². The molecule has 1 fully saturated rings. The largest absolute Gasteiger partial charge is 0.480 e. The monoisotopic (exact) mass is 294 g/mol. The first kappa shape index (κ1) is 13.7. The minimum Gasteiger partial charge on any atom is -0.480 e. The molecule has 0 saturated carbocycles. The number of nitrogens with zero attached hydrogens (tertiary/aromatic N) is 2. The van der Waals surface area contributed by atoms with Crippen LogP contribution in [0.25, 0.3) is 6.08 Å². The lowest BCUT2D eigenvalue weighted by atomic mass is 10.2. The maximum absolute atomic E-state index is 12.1. The number of rotatable bonds is 3. The first-order chi connectivity index (χ1) is 9.00. The molecule has 1 aliphatic rings. The third kappa shape index (κ3) is 2.82. The molecular formula is C12H10N2O3S2. The molecule has 2 heterocycles. The molecule has 0 radical (unpaired) electrons. The number of aliphatic carboxylic acids is 1. The molecule has 1 atom stereocenters. The highest BCUT2D eigenvalue weighted by Gasteiger charge is 2.38. The number of aromatic nitrogens is 1. The number of carbonyl (C=O) groups is 2. The highest BCUT2D eigenvalue weighted by atomic mass is 32.2. The Morgan fingerprint density at radius 3 is 2.74 bits per heavy atom. The van der Waals surface area contributed by atoms with Crippen molar-refractivity contribution in [2.45, 2.75) is 13.0 Å². The molecule has 19 heavy (non-hydrogen) atoms. The van der Waals surface area contributed by atoms with Crippen molar-refractivity contribution in [3.63, 3.8) is 0 Å². The highest BCUT2D eigenvalue weighted by Crippen LogP contribution is 2.33. The van der Waals surface area contributed by atoms with Crippen LogP contribution < -0.4 is 0 Å². The predicted octanol–water partition coefficient (Wildman–Crippen LogP) is 1.76. The van der Waals surface area contributed by atoms with Crippen molar-refractivity contribution in [1.82, 2.24) is 9.88 Å². The van der Waals surface area contributed by atoms with E-state index in [2.05, 4.69) is 4.98 Å². The zero-order valence-electron chi connectivity index (χ0n) is 9.94. The number of pyridine rings is 1. The fourth-order valence-electron chi connectivity index (χ4n) is 1.54. The summed E-state index contributed by atoms with van der Waals surface area (Å²) in [7, 11) is 0. The molecule has 5 nitrogen and oxygen atoms in total. The Bertz CT molecular complexity index is 572. The Balaban J connectivity index is 2.28. The molecular weight excluding hydrogens is 284 g/mol. The third-order valence-electron chi connectivity index (χ3n) is 2.57. The van der Waals surface area contributed by atoms with Crippen molar-refractivity contribution in [2.24, 2.45) is 0 Å². The summed E-state index contributed by atoms with van der Waals surface area (Å²) in [5, 5.41) is 8.96. The van der Waals surface area contributed by atoms with Gasteiger partial charge < -0.3 is 5.11 Å². The van der Waals surface area contributed by atoms with Crippen LogP contribution in [-0.2, 0) is 9.59 Å². The molecule has 1 saturated heterocycles. The van der Waals surface area contributed by atoms with Gasteiger partial charge in [0.15, 0.2) is 0 Å². The van der Waals surface area contributed by atoms with Gasteiger partial charge in [-0.1, -0.05) is 24.0 Å². The Morgan fingerprint density at radius 1 is 1.53 bits per heavy atom. The number of amides is 1. The maximum Gasteiger partial charge on any atom is 0.326 e. The summed E-state index contributed by atoms with van der Waals surface area (Å²) in [6.45, 7) is 1.43. The Hall–Kier alpha value is -1.73. The zero-order valence-corrected chi connectivity index (χ0v) is 11.6. The maximum atomic E-state index is 12.1. The molecule has 1 aromatic rings. The summed E-state index contributed by atoms with van der Waals surface area (Å²) in [4.78, 5) is 28.5. The summed E-state index contributed by atoms with van der Waals surface area (Å²) in [5.74, 6) is -1.46. The molecule has 0 spiro atoms. The van der Waals surface area contributed by atoms with E-state index in [0.29, 0.717) is 4.91 Å². The summed E-state index contributed by atoms with van der Waals surface area (Å²) in [6, 6.07) is 2.55. The molecule has 1 N–H and O–H groups in total. The molecule has 98 valence electrons. The van der Waals surface area contributed by atoms with E-state index in [-0.39, 0.29) is 10.2 Å². The van der Waals surface area contributed by atoms with Crippen LogP contribution in [0.2, 0.25) is 0 Å². The van der Waals surface area contributed by atoms with E-state index in [1.54, 1.807) is 30.6 Å². The summed E-state index contributed by atoms with van der Waals surface area (Å²) < 4.78 is 0.264. The van der Waals surface area contributed by atoms with E-state index < -0.39 is 12.0 Å². The average molecular weight is 294 g/mol. The lowest BCUT2D eigenvalue weighted by Gasteiger charge is -2.18. The number of thioether (sulfide) groups is 1. The van der Waals surface area contributed by atoms with Crippen LogP contribution >= 0.6 is 24.0 Å². The molecule has 0 aromatic carbocycles. The number of hydrogen-bond acceptors (Lipinski definition) is 5. The topological polar surface area (TPSA) is 70.5 Å².